The van der Waals surface area contributed by atoms with Crippen LogP contribution in [0.1, 0.15) is 36.8 Å². The zero-order chi connectivity index (χ0) is 14.8. The van der Waals surface area contributed by atoms with E-state index in [2.05, 4.69) is 0 Å². The molecule has 110 valence electrons. The molecule has 0 atom stereocenters. The zero-order valence-electron chi connectivity index (χ0n) is 11.7. The fraction of sp³-hybridized carbons (Fsp3) is 0.533. The number of carboxylic acids is 1. The molecule has 1 aliphatic carbocycles. The van der Waals surface area contributed by atoms with Crippen LogP contribution in [0.3, 0.4) is 0 Å². The lowest BCUT2D eigenvalue weighted by Gasteiger charge is -2.26. The van der Waals surface area contributed by atoms with Gasteiger partial charge in [-0.05, 0) is 18.9 Å². The Morgan fingerprint density at radius 1 is 1.35 bits per heavy atom. The van der Waals surface area contributed by atoms with Gasteiger partial charge in [-0.2, -0.15) is 0 Å². The van der Waals surface area contributed by atoms with E-state index in [9.17, 15) is 14.3 Å². The summed E-state index contributed by atoms with van der Waals surface area (Å²) in [5.41, 5.74) is -0.201. The van der Waals surface area contributed by atoms with Crippen molar-refractivity contribution in [3.05, 3.63) is 29.1 Å². The van der Waals surface area contributed by atoms with Crippen molar-refractivity contribution in [2.45, 2.75) is 37.7 Å². The summed E-state index contributed by atoms with van der Waals surface area (Å²) < 4.78 is 24.5. The Morgan fingerprint density at radius 2 is 2.00 bits per heavy atom. The predicted octanol–water partition coefficient (Wildman–Crippen LogP) is 2.88. The molecular weight excluding hydrogens is 263 g/mol. The number of aliphatic carboxylic acids is 1. The molecule has 1 aromatic rings. The van der Waals surface area contributed by atoms with Gasteiger partial charge in [0.1, 0.15) is 11.6 Å². The van der Waals surface area contributed by atoms with Gasteiger partial charge in [0.2, 0.25) is 0 Å². The van der Waals surface area contributed by atoms with Gasteiger partial charge >= 0.3 is 5.97 Å². The topological polar surface area (TPSA) is 55.8 Å². The number of halogens is 1. The molecule has 1 aliphatic rings. The Morgan fingerprint density at radius 3 is 2.50 bits per heavy atom. The van der Waals surface area contributed by atoms with Crippen molar-refractivity contribution in [2.24, 2.45) is 0 Å². The van der Waals surface area contributed by atoms with E-state index in [1.54, 1.807) is 6.07 Å². The molecule has 0 aliphatic heterocycles. The van der Waals surface area contributed by atoms with Crippen molar-refractivity contribution >= 4 is 5.97 Å². The minimum Gasteiger partial charge on any atom is -0.496 e. The van der Waals surface area contributed by atoms with Crippen LogP contribution in [0.5, 0.6) is 5.75 Å². The standard InChI is InChI=1S/C15H19FO4/c1-19-9-10-7-11(12(16)8-13(10)20-2)15(14(17)18)5-3-4-6-15/h7-8H,3-6,9H2,1-2H3,(H,17,18). The molecule has 1 aromatic carbocycles. The summed E-state index contributed by atoms with van der Waals surface area (Å²) in [7, 11) is 2.99. The predicted molar refractivity (Wildman–Crippen MR) is 71.4 cm³/mol. The molecule has 0 spiro atoms. The number of hydrogen-bond donors (Lipinski definition) is 1. The molecule has 2 rings (SSSR count). The fourth-order valence-corrected chi connectivity index (χ4v) is 3.00. The van der Waals surface area contributed by atoms with Gasteiger partial charge in [-0.15, -0.1) is 0 Å². The monoisotopic (exact) mass is 282 g/mol. The molecule has 1 N–H and O–H groups in total. The largest absolute Gasteiger partial charge is 0.496 e. The lowest BCUT2D eigenvalue weighted by Crippen LogP contribution is -2.33. The van der Waals surface area contributed by atoms with E-state index >= 15 is 0 Å². The Kier molecular flexibility index (Phi) is 4.28. The van der Waals surface area contributed by atoms with Crippen molar-refractivity contribution in [3.8, 4) is 5.75 Å². The van der Waals surface area contributed by atoms with E-state index < -0.39 is 17.2 Å². The van der Waals surface area contributed by atoms with Gasteiger partial charge in [0.15, 0.2) is 0 Å². The summed E-state index contributed by atoms with van der Waals surface area (Å²) in [6.07, 6.45) is 2.55. The molecule has 1 fully saturated rings. The van der Waals surface area contributed by atoms with Crippen molar-refractivity contribution < 1.29 is 23.8 Å². The third-order valence-electron chi connectivity index (χ3n) is 4.05. The fourth-order valence-electron chi connectivity index (χ4n) is 3.00. The van der Waals surface area contributed by atoms with Crippen LogP contribution in [-0.2, 0) is 21.6 Å². The first kappa shape index (κ1) is 14.8. The minimum absolute atomic E-state index is 0.246. The van der Waals surface area contributed by atoms with Crippen LogP contribution in [0.4, 0.5) is 4.39 Å². The Labute approximate surface area is 117 Å². The average Bonchev–Trinajstić information content (AvgIpc) is 2.91. The Hall–Kier alpha value is -1.62. The maximum absolute atomic E-state index is 14.3. The SMILES string of the molecule is COCc1cc(C2(C(=O)O)CCCC2)c(F)cc1OC. The van der Waals surface area contributed by atoms with Crippen molar-refractivity contribution in [2.75, 3.05) is 14.2 Å². The number of benzene rings is 1. The lowest BCUT2D eigenvalue weighted by molar-refractivity contribution is -0.143. The Bertz CT molecular complexity index is 507. The third kappa shape index (κ3) is 2.38. The minimum atomic E-state index is -1.11. The maximum atomic E-state index is 14.3. The summed E-state index contributed by atoms with van der Waals surface area (Å²) in [5, 5.41) is 9.56. The first-order valence-electron chi connectivity index (χ1n) is 6.64. The zero-order valence-corrected chi connectivity index (χ0v) is 11.7. The van der Waals surface area contributed by atoms with Crippen LogP contribution in [0.15, 0.2) is 12.1 Å². The van der Waals surface area contributed by atoms with E-state index in [4.69, 9.17) is 9.47 Å². The molecule has 0 amide bonds. The highest BCUT2D eigenvalue weighted by molar-refractivity contribution is 5.82. The normalized spacial score (nSPS) is 17.1. The van der Waals surface area contributed by atoms with Gasteiger partial charge in [0.25, 0.3) is 0 Å². The van der Waals surface area contributed by atoms with Gasteiger partial charge in [-0.3, -0.25) is 4.79 Å². The molecular formula is C15H19FO4. The molecule has 0 radical (unpaired) electrons. The second kappa shape index (κ2) is 5.79. The molecule has 0 saturated heterocycles. The van der Waals surface area contributed by atoms with Crippen LogP contribution in [0.25, 0.3) is 0 Å². The number of methoxy groups -OCH3 is 2. The van der Waals surface area contributed by atoms with E-state index in [1.165, 1.54) is 20.3 Å². The molecule has 20 heavy (non-hydrogen) atoms. The van der Waals surface area contributed by atoms with Gasteiger partial charge in [-0.1, -0.05) is 12.8 Å². The number of ether oxygens (including phenoxy) is 2. The highest BCUT2D eigenvalue weighted by atomic mass is 19.1. The highest BCUT2D eigenvalue weighted by Crippen LogP contribution is 2.43. The molecule has 0 unspecified atom stereocenters. The lowest BCUT2D eigenvalue weighted by atomic mass is 9.78. The van der Waals surface area contributed by atoms with E-state index in [0.29, 0.717) is 24.2 Å². The summed E-state index contributed by atoms with van der Waals surface area (Å²) in [6, 6.07) is 2.84. The van der Waals surface area contributed by atoms with Crippen LogP contribution < -0.4 is 4.74 Å². The molecule has 0 aromatic heterocycles. The average molecular weight is 282 g/mol. The van der Waals surface area contributed by atoms with E-state index in [0.717, 1.165) is 12.8 Å². The summed E-state index contributed by atoms with van der Waals surface area (Å²) in [6.45, 7) is 0.256. The van der Waals surface area contributed by atoms with Crippen molar-refractivity contribution in [1.82, 2.24) is 0 Å². The van der Waals surface area contributed by atoms with Crippen LogP contribution >= 0.6 is 0 Å². The first-order chi connectivity index (χ1) is 9.55. The third-order valence-corrected chi connectivity index (χ3v) is 4.05. The smallest absolute Gasteiger partial charge is 0.314 e. The number of carbonyl (C=O) groups is 1. The van der Waals surface area contributed by atoms with E-state index in [-0.39, 0.29) is 12.2 Å². The van der Waals surface area contributed by atoms with Crippen LogP contribution in [0.2, 0.25) is 0 Å². The molecule has 4 nitrogen and oxygen atoms in total. The van der Waals surface area contributed by atoms with Gasteiger partial charge in [0.05, 0.1) is 19.1 Å². The van der Waals surface area contributed by atoms with Crippen molar-refractivity contribution in [1.29, 1.82) is 0 Å². The molecule has 1 saturated carbocycles. The van der Waals surface area contributed by atoms with E-state index in [1.807, 2.05) is 0 Å². The molecule has 0 heterocycles. The molecule has 5 heteroatoms. The first-order valence-corrected chi connectivity index (χ1v) is 6.64. The van der Waals surface area contributed by atoms with Gasteiger partial charge < -0.3 is 14.6 Å². The second-order valence-electron chi connectivity index (χ2n) is 5.17. The van der Waals surface area contributed by atoms with Gasteiger partial charge in [0, 0.05) is 24.3 Å². The number of hydrogen-bond acceptors (Lipinski definition) is 3. The highest BCUT2D eigenvalue weighted by Gasteiger charge is 2.45. The van der Waals surface area contributed by atoms with Crippen LogP contribution in [-0.4, -0.2) is 25.3 Å². The van der Waals surface area contributed by atoms with Crippen LogP contribution in [0, 0.1) is 5.82 Å². The number of rotatable bonds is 5. The Balaban J connectivity index is 2.55. The summed E-state index contributed by atoms with van der Waals surface area (Å²) in [4.78, 5) is 11.7. The molecule has 0 bridgehead atoms. The quantitative estimate of drug-likeness (QED) is 0.902. The summed E-state index contributed by atoms with van der Waals surface area (Å²) >= 11 is 0. The second-order valence-corrected chi connectivity index (χ2v) is 5.17. The number of carboxylic acid groups (broad SMARTS) is 1. The van der Waals surface area contributed by atoms with Gasteiger partial charge in [-0.25, -0.2) is 4.39 Å². The maximum Gasteiger partial charge on any atom is 0.314 e. The van der Waals surface area contributed by atoms with Crippen molar-refractivity contribution in [3.63, 3.8) is 0 Å². The summed E-state index contributed by atoms with van der Waals surface area (Å²) in [5.74, 6) is -1.10.